The molecule has 6 heteroatoms. The van der Waals surface area contributed by atoms with E-state index < -0.39 is 6.10 Å². The first-order valence-electron chi connectivity index (χ1n) is 35.1. The van der Waals surface area contributed by atoms with Crippen molar-refractivity contribution in [2.24, 2.45) is 0 Å². The molecule has 0 saturated heterocycles. The van der Waals surface area contributed by atoms with Gasteiger partial charge in [-0.1, -0.05) is 307 Å². The van der Waals surface area contributed by atoms with E-state index in [1.165, 1.54) is 270 Å². The van der Waals surface area contributed by atoms with E-state index in [0.717, 1.165) is 70.6 Å². The fourth-order valence-electron chi connectivity index (χ4n) is 10.5. The summed E-state index contributed by atoms with van der Waals surface area (Å²) in [5.74, 6) is -0.862. The van der Waals surface area contributed by atoms with Gasteiger partial charge in [-0.05, 0) is 103 Å². The van der Waals surface area contributed by atoms with Gasteiger partial charge in [0.2, 0.25) is 0 Å². The molecule has 0 aromatic carbocycles. The predicted molar refractivity (Wildman–Crippen MR) is 344 cm³/mol. The zero-order valence-electron chi connectivity index (χ0n) is 53.2. The Bertz CT molecular complexity index is 1360. The van der Waals surface area contributed by atoms with Crippen molar-refractivity contribution in [2.45, 2.75) is 386 Å². The molecular formula is C73H134O6. The van der Waals surface area contributed by atoms with Crippen LogP contribution in [0.25, 0.3) is 0 Å². The summed E-state index contributed by atoms with van der Waals surface area (Å²) in [4.78, 5) is 38.4. The topological polar surface area (TPSA) is 78.9 Å². The SMILES string of the molecule is CCCCCCC/C=C\C/C=C\CCCCCCCCCCCCCCCCCCCC(=O)OCC(COC(=O)CCCCCCC/C=C\CCCCCCCC)OC(=O)CCCCCCCCC/C=C\CCCCCCCC. The van der Waals surface area contributed by atoms with Crippen LogP contribution in [-0.2, 0) is 28.6 Å². The quantitative estimate of drug-likeness (QED) is 0.0261. The number of esters is 3. The second-order valence-electron chi connectivity index (χ2n) is 23.8. The summed E-state index contributed by atoms with van der Waals surface area (Å²) in [6.07, 6.45) is 85.7. The van der Waals surface area contributed by atoms with Gasteiger partial charge in [0, 0.05) is 19.3 Å². The van der Waals surface area contributed by atoms with E-state index in [9.17, 15) is 14.4 Å². The van der Waals surface area contributed by atoms with Crippen molar-refractivity contribution in [2.75, 3.05) is 13.2 Å². The van der Waals surface area contributed by atoms with Crippen molar-refractivity contribution >= 4 is 17.9 Å². The van der Waals surface area contributed by atoms with E-state index in [1.807, 2.05) is 0 Å². The Balaban J connectivity index is 4.22. The van der Waals surface area contributed by atoms with Crippen LogP contribution in [0, 0.1) is 0 Å². The van der Waals surface area contributed by atoms with E-state index in [2.05, 4.69) is 69.4 Å². The summed E-state index contributed by atoms with van der Waals surface area (Å²) in [7, 11) is 0. The smallest absolute Gasteiger partial charge is 0.306 e. The molecule has 6 nitrogen and oxygen atoms in total. The van der Waals surface area contributed by atoms with Crippen molar-refractivity contribution in [3.05, 3.63) is 48.6 Å². The van der Waals surface area contributed by atoms with Gasteiger partial charge in [-0.25, -0.2) is 0 Å². The van der Waals surface area contributed by atoms with Crippen molar-refractivity contribution in [3.8, 4) is 0 Å². The average Bonchev–Trinajstić information content (AvgIpc) is 3.45. The van der Waals surface area contributed by atoms with E-state index in [4.69, 9.17) is 14.2 Å². The highest BCUT2D eigenvalue weighted by Gasteiger charge is 2.19. The number of carbonyl (C=O) groups is 3. The molecule has 79 heavy (non-hydrogen) atoms. The van der Waals surface area contributed by atoms with Crippen LogP contribution in [0.3, 0.4) is 0 Å². The van der Waals surface area contributed by atoms with E-state index in [-0.39, 0.29) is 31.1 Å². The molecule has 0 bridgehead atoms. The molecule has 0 rings (SSSR count). The summed E-state index contributed by atoms with van der Waals surface area (Å²) in [5, 5.41) is 0. The van der Waals surface area contributed by atoms with Crippen LogP contribution < -0.4 is 0 Å². The summed E-state index contributed by atoms with van der Waals surface area (Å²) >= 11 is 0. The van der Waals surface area contributed by atoms with Crippen molar-refractivity contribution in [1.82, 2.24) is 0 Å². The summed E-state index contributed by atoms with van der Waals surface area (Å²) in [6.45, 7) is 6.67. The lowest BCUT2D eigenvalue weighted by Gasteiger charge is -2.18. The highest BCUT2D eigenvalue weighted by Crippen LogP contribution is 2.18. The minimum absolute atomic E-state index is 0.0736. The van der Waals surface area contributed by atoms with Gasteiger partial charge in [0.15, 0.2) is 6.10 Å². The third-order valence-corrected chi connectivity index (χ3v) is 15.8. The molecule has 1 unspecified atom stereocenters. The molecule has 0 aliphatic carbocycles. The van der Waals surface area contributed by atoms with E-state index in [1.54, 1.807) is 0 Å². The molecule has 0 aliphatic rings. The largest absolute Gasteiger partial charge is 0.462 e. The number of hydrogen-bond acceptors (Lipinski definition) is 6. The van der Waals surface area contributed by atoms with Crippen LogP contribution in [-0.4, -0.2) is 37.2 Å². The molecule has 0 saturated carbocycles. The lowest BCUT2D eigenvalue weighted by Crippen LogP contribution is -2.30. The number of ether oxygens (including phenoxy) is 3. The van der Waals surface area contributed by atoms with Gasteiger partial charge in [0.05, 0.1) is 0 Å². The Hall–Kier alpha value is -2.63. The maximum Gasteiger partial charge on any atom is 0.306 e. The molecule has 0 aromatic heterocycles. The zero-order valence-corrected chi connectivity index (χ0v) is 53.2. The van der Waals surface area contributed by atoms with Gasteiger partial charge in [-0.2, -0.15) is 0 Å². The summed E-state index contributed by atoms with van der Waals surface area (Å²) in [6, 6.07) is 0. The minimum atomic E-state index is -0.778. The Morgan fingerprint density at radius 3 is 0.709 bits per heavy atom. The first-order valence-corrected chi connectivity index (χ1v) is 35.1. The Kier molecular flexibility index (Phi) is 65.6. The van der Waals surface area contributed by atoms with Gasteiger partial charge < -0.3 is 14.2 Å². The number of rotatable bonds is 65. The fourth-order valence-corrected chi connectivity index (χ4v) is 10.5. The summed E-state index contributed by atoms with van der Waals surface area (Å²) in [5.41, 5.74) is 0. The maximum absolute atomic E-state index is 12.9. The number of allylic oxidation sites excluding steroid dienone is 8. The average molecular weight is 1110 g/mol. The monoisotopic (exact) mass is 1110 g/mol. The molecule has 0 spiro atoms. The highest BCUT2D eigenvalue weighted by atomic mass is 16.6. The Labute approximate surface area is 492 Å². The Morgan fingerprint density at radius 2 is 0.456 bits per heavy atom. The van der Waals surface area contributed by atoms with Crippen molar-refractivity contribution in [1.29, 1.82) is 0 Å². The van der Waals surface area contributed by atoms with Gasteiger partial charge in [0.1, 0.15) is 13.2 Å². The van der Waals surface area contributed by atoms with Crippen LogP contribution in [0.2, 0.25) is 0 Å². The molecule has 0 N–H and O–H groups in total. The molecule has 0 aliphatic heterocycles. The number of carbonyl (C=O) groups excluding carboxylic acids is 3. The number of hydrogen-bond donors (Lipinski definition) is 0. The second-order valence-corrected chi connectivity index (χ2v) is 23.8. The lowest BCUT2D eigenvalue weighted by atomic mass is 10.0. The maximum atomic E-state index is 12.9. The van der Waals surface area contributed by atoms with Crippen LogP contribution >= 0.6 is 0 Å². The number of unbranched alkanes of at least 4 members (excludes halogenated alkanes) is 46. The van der Waals surface area contributed by atoms with Crippen molar-refractivity contribution in [3.63, 3.8) is 0 Å². The Morgan fingerprint density at radius 1 is 0.253 bits per heavy atom. The minimum Gasteiger partial charge on any atom is -0.462 e. The van der Waals surface area contributed by atoms with Crippen LogP contribution in [0.1, 0.15) is 380 Å². The third kappa shape index (κ3) is 66.1. The van der Waals surface area contributed by atoms with Crippen LogP contribution in [0.15, 0.2) is 48.6 Å². The van der Waals surface area contributed by atoms with Gasteiger partial charge in [0.25, 0.3) is 0 Å². The molecule has 0 fully saturated rings. The lowest BCUT2D eigenvalue weighted by molar-refractivity contribution is -0.167. The van der Waals surface area contributed by atoms with Gasteiger partial charge in [-0.15, -0.1) is 0 Å². The van der Waals surface area contributed by atoms with Gasteiger partial charge in [-0.3, -0.25) is 14.4 Å². The molecule has 1 atom stereocenters. The molecular weight excluding hydrogens is 973 g/mol. The fraction of sp³-hybridized carbons (Fsp3) is 0.849. The van der Waals surface area contributed by atoms with Crippen LogP contribution in [0.5, 0.6) is 0 Å². The summed E-state index contributed by atoms with van der Waals surface area (Å²) < 4.78 is 17.0. The molecule has 0 amide bonds. The van der Waals surface area contributed by atoms with Gasteiger partial charge >= 0.3 is 17.9 Å². The second kappa shape index (κ2) is 67.9. The first-order chi connectivity index (χ1) is 39.0. The van der Waals surface area contributed by atoms with E-state index >= 15 is 0 Å². The van der Waals surface area contributed by atoms with Crippen LogP contribution in [0.4, 0.5) is 0 Å². The molecule has 0 radical (unpaired) electrons. The zero-order chi connectivity index (χ0) is 57.1. The normalized spacial score (nSPS) is 12.3. The molecule has 0 aromatic rings. The molecule has 0 heterocycles. The van der Waals surface area contributed by atoms with Crippen molar-refractivity contribution < 1.29 is 28.6 Å². The highest BCUT2D eigenvalue weighted by molar-refractivity contribution is 5.71. The first kappa shape index (κ1) is 76.4. The third-order valence-electron chi connectivity index (χ3n) is 15.8. The molecule has 462 valence electrons. The van der Waals surface area contributed by atoms with E-state index in [0.29, 0.717) is 19.3 Å². The predicted octanol–water partition coefficient (Wildman–Crippen LogP) is 24.1. The standard InChI is InChI=1S/C73H134O6/c1-4-7-10-13-16-19-22-25-28-30-31-32-33-34-35-36-37-38-39-40-41-43-45-48-51-54-57-60-63-66-72(75)78-69-70(68-77-71(74)65-62-59-56-53-50-47-44-27-24-21-18-15-12-9-6-3)79-73(76)67-64-61-58-55-52-49-46-42-29-26-23-20-17-14-11-8-5-2/h22,25-27,29-31,44,70H,4-21,23-24,28,32-43,45-69H2,1-3H3/b25-22-,29-26-,31-30-,44-27-.